The van der Waals surface area contributed by atoms with Crippen molar-refractivity contribution in [2.45, 2.75) is 6.42 Å². The van der Waals surface area contributed by atoms with Gasteiger partial charge in [0.15, 0.2) is 5.82 Å². The number of rotatable bonds is 3. The number of hydrogen-bond donors (Lipinski definition) is 1. The van der Waals surface area contributed by atoms with E-state index in [1.165, 1.54) is 12.1 Å². The zero-order valence-corrected chi connectivity index (χ0v) is 11.6. The van der Waals surface area contributed by atoms with Gasteiger partial charge in [-0.25, -0.2) is 4.39 Å². The third kappa shape index (κ3) is 3.03. The van der Waals surface area contributed by atoms with Crippen LogP contribution in [0.4, 0.5) is 10.1 Å². The molecule has 2 aromatic carbocycles. The molecule has 1 heterocycles. The van der Waals surface area contributed by atoms with Gasteiger partial charge in [-0.05, 0) is 35.9 Å². The van der Waals surface area contributed by atoms with E-state index in [0.717, 1.165) is 5.56 Å². The zero-order chi connectivity index (χ0) is 14.8. The lowest BCUT2D eigenvalue weighted by Gasteiger charge is -2.00. The van der Waals surface area contributed by atoms with E-state index < -0.39 is 0 Å². The number of nitrogens with two attached hydrogens (primary N) is 1. The van der Waals surface area contributed by atoms with E-state index in [1.807, 2.05) is 0 Å². The molecule has 0 aliphatic carbocycles. The van der Waals surface area contributed by atoms with Crippen LogP contribution in [0.15, 0.2) is 47.0 Å². The maximum Gasteiger partial charge on any atom is 0.260 e. The average molecular weight is 304 g/mol. The lowest BCUT2D eigenvalue weighted by molar-refractivity contribution is 0.424. The second kappa shape index (κ2) is 5.54. The third-order valence-corrected chi connectivity index (χ3v) is 3.22. The average Bonchev–Trinajstić information content (AvgIpc) is 2.90. The van der Waals surface area contributed by atoms with Gasteiger partial charge in [0.05, 0.1) is 5.56 Å². The maximum atomic E-state index is 12.9. The van der Waals surface area contributed by atoms with E-state index >= 15 is 0 Å². The third-order valence-electron chi connectivity index (χ3n) is 2.99. The highest BCUT2D eigenvalue weighted by Crippen LogP contribution is 2.27. The van der Waals surface area contributed by atoms with E-state index in [9.17, 15) is 4.39 Å². The zero-order valence-electron chi connectivity index (χ0n) is 10.9. The molecule has 0 amide bonds. The number of nitrogen functional groups attached to an aromatic ring is 1. The van der Waals surface area contributed by atoms with Gasteiger partial charge in [0.25, 0.3) is 5.89 Å². The molecule has 4 nitrogen and oxygen atoms in total. The number of aromatic nitrogens is 2. The minimum absolute atomic E-state index is 0.276. The molecular formula is C15H11ClFN3O. The molecule has 0 atom stereocenters. The molecule has 0 aliphatic heterocycles. The Hall–Kier alpha value is -2.40. The molecule has 21 heavy (non-hydrogen) atoms. The van der Waals surface area contributed by atoms with Gasteiger partial charge in [0.2, 0.25) is 0 Å². The van der Waals surface area contributed by atoms with Crippen molar-refractivity contribution in [3.63, 3.8) is 0 Å². The van der Waals surface area contributed by atoms with E-state index in [-0.39, 0.29) is 5.82 Å². The van der Waals surface area contributed by atoms with Crippen LogP contribution in [-0.4, -0.2) is 10.1 Å². The van der Waals surface area contributed by atoms with Crippen LogP contribution < -0.4 is 5.73 Å². The Bertz CT molecular complexity index is 771. The molecule has 0 unspecified atom stereocenters. The summed E-state index contributed by atoms with van der Waals surface area (Å²) in [7, 11) is 0. The summed E-state index contributed by atoms with van der Waals surface area (Å²) in [4.78, 5) is 4.29. The van der Waals surface area contributed by atoms with Crippen LogP contribution in [0, 0.1) is 5.82 Å². The van der Waals surface area contributed by atoms with Gasteiger partial charge in [0, 0.05) is 17.1 Å². The van der Waals surface area contributed by atoms with Crippen LogP contribution in [-0.2, 0) is 6.42 Å². The van der Waals surface area contributed by atoms with Gasteiger partial charge in [-0.2, -0.15) is 4.98 Å². The first-order valence-electron chi connectivity index (χ1n) is 6.24. The molecule has 2 N–H and O–H groups in total. The Kier molecular flexibility index (Phi) is 3.58. The normalized spacial score (nSPS) is 10.8. The first-order chi connectivity index (χ1) is 10.1. The Balaban J connectivity index is 1.84. The van der Waals surface area contributed by atoms with Crippen molar-refractivity contribution in [2.75, 3.05) is 5.73 Å². The second-order valence-electron chi connectivity index (χ2n) is 4.55. The van der Waals surface area contributed by atoms with Crippen molar-refractivity contribution >= 4 is 17.3 Å². The number of nitrogens with zero attached hydrogens (tertiary/aromatic N) is 2. The minimum atomic E-state index is -0.276. The lowest BCUT2D eigenvalue weighted by atomic mass is 10.1. The monoisotopic (exact) mass is 303 g/mol. The van der Waals surface area contributed by atoms with Crippen molar-refractivity contribution in [3.8, 4) is 11.5 Å². The summed E-state index contributed by atoms with van der Waals surface area (Å²) in [6, 6.07) is 11.2. The summed E-state index contributed by atoms with van der Waals surface area (Å²) in [6.07, 6.45) is 0.456. The van der Waals surface area contributed by atoms with Crippen molar-refractivity contribution < 1.29 is 8.91 Å². The predicted molar refractivity (Wildman–Crippen MR) is 78.4 cm³/mol. The smallest absolute Gasteiger partial charge is 0.260 e. The number of hydrogen-bond acceptors (Lipinski definition) is 4. The topological polar surface area (TPSA) is 64.9 Å². The van der Waals surface area contributed by atoms with Gasteiger partial charge in [-0.15, -0.1) is 0 Å². The van der Waals surface area contributed by atoms with Gasteiger partial charge >= 0.3 is 0 Å². The Morgan fingerprint density at radius 3 is 2.62 bits per heavy atom. The molecule has 3 rings (SSSR count). The summed E-state index contributed by atoms with van der Waals surface area (Å²) < 4.78 is 18.1. The van der Waals surface area contributed by atoms with Crippen LogP contribution in [0.1, 0.15) is 11.4 Å². The number of benzene rings is 2. The van der Waals surface area contributed by atoms with Gasteiger partial charge in [-0.3, -0.25) is 0 Å². The molecule has 0 saturated carbocycles. The summed E-state index contributed by atoms with van der Waals surface area (Å²) in [6.45, 7) is 0. The minimum Gasteiger partial charge on any atom is -0.398 e. The Morgan fingerprint density at radius 2 is 1.90 bits per heavy atom. The van der Waals surface area contributed by atoms with E-state index in [4.69, 9.17) is 21.9 Å². The fourth-order valence-electron chi connectivity index (χ4n) is 1.95. The molecule has 3 aromatic rings. The standard InChI is InChI=1S/C15H11ClFN3O/c16-10-3-6-12(13(18)8-10)15-19-14(20-21-15)7-9-1-4-11(17)5-2-9/h1-6,8H,7,18H2. The highest BCUT2D eigenvalue weighted by Gasteiger charge is 2.12. The number of anilines is 1. The molecule has 106 valence electrons. The van der Waals surface area contributed by atoms with Gasteiger partial charge in [0.1, 0.15) is 5.82 Å². The Labute approximate surface area is 125 Å². The van der Waals surface area contributed by atoms with Crippen molar-refractivity contribution in [3.05, 3.63) is 64.7 Å². The van der Waals surface area contributed by atoms with Crippen molar-refractivity contribution in [1.29, 1.82) is 0 Å². The van der Waals surface area contributed by atoms with Crippen LogP contribution in [0.2, 0.25) is 5.02 Å². The summed E-state index contributed by atoms with van der Waals surface area (Å²) in [5.74, 6) is 0.564. The van der Waals surface area contributed by atoms with Gasteiger partial charge < -0.3 is 10.3 Å². The van der Waals surface area contributed by atoms with Crippen LogP contribution in [0.5, 0.6) is 0 Å². The lowest BCUT2D eigenvalue weighted by Crippen LogP contribution is -1.92. The van der Waals surface area contributed by atoms with Crippen LogP contribution in [0.3, 0.4) is 0 Å². The molecule has 0 spiro atoms. The van der Waals surface area contributed by atoms with Crippen LogP contribution in [0.25, 0.3) is 11.5 Å². The molecule has 1 aromatic heterocycles. The molecule has 0 fully saturated rings. The van der Waals surface area contributed by atoms with Gasteiger partial charge in [-0.1, -0.05) is 28.9 Å². The molecule has 0 bridgehead atoms. The molecule has 6 heteroatoms. The SMILES string of the molecule is Nc1cc(Cl)ccc1-c1nc(Cc2ccc(F)cc2)no1. The number of halogens is 2. The molecule has 0 radical (unpaired) electrons. The first-order valence-corrected chi connectivity index (χ1v) is 6.62. The quantitative estimate of drug-likeness (QED) is 0.749. The Morgan fingerprint density at radius 1 is 1.14 bits per heavy atom. The summed E-state index contributed by atoms with van der Waals surface area (Å²) >= 11 is 5.85. The first kappa shape index (κ1) is 13.6. The van der Waals surface area contributed by atoms with Crippen molar-refractivity contribution in [1.82, 2.24) is 10.1 Å². The van der Waals surface area contributed by atoms with E-state index in [2.05, 4.69) is 10.1 Å². The highest BCUT2D eigenvalue weighted by molar-refractivity contribution is 6.31. The summed E-state index contributed by atoms with van der Waals surface area (Å²) in [5.41, 5.74) is 7.88. The van der Waals surface area contributed by atoms with Crippen molar-refractivity contribution in [2.24, 2.45) is 0 Å². The second-order valence-corrected chi connectivity index (χ2v) is 4.99. The van der Waals surface area contributed by atoms with E-state index in [1.54, 1.807) is 30.3 Å². The molecule has 0 saturated heterocycles. The molecular weight excluding hydrogens is 293 g/mol. The predicted octanol–water partition coefficient (Wildman–Crippen LogP) is 3.70. The highest BCUT2D eigenvalue weighted by atomic mass is 35.5. The van der Waals surface area contributed by atoms with Crippen LogP contribution >= 0.6 is 11.6 Å². The fourth-order valence-corrected chi connectivity index (χ4v) is 2.13. The fraction of sp³-hybridized carbons (Fsp3) is 0.0667. The summed E-state index contributed by atoms with van der Waals surface area (Å²) in [5, 5.41) is 4.45. The molecule has 0 aliphatic rings. The largest absolute Gasteiger partial charge is 0.398 e. The van der Waals surface area contributed by atoms with E-state index in [0.29, 0.717) is 34.4 Å². The maximum absolute atomic E-state index is 12.9.